The van der Waals surface area contributed by atoms with Crippen LogP contribution in [0.2, 0.25) is 0 Å². The fraction of sp³-hybridized carbons (Fsp3) is 0.286. The van der Waals surface area contributed by atoms with Gasteiger partial charge in [0.05, 0.1) is 6.10 Å². The zero-order chi connectivity index (χ0) is 13.1. The van der Waals surface area contributed by atoms with Crippen LogP contribution in [-0.4, -0.2) is 19.2 Å². The summed E-state index contributed by atoms with van der Waals surface area (Å²) >= 11 is 5.10. The maximum absolute atomic E-state index is 10.3. The Labute approximate surface area is 120 Å². The van der Waals surface area contributed by atoms with Crippen LogP contribution < -0.4 is 4.90 Å². The molecule has 0 spiro atoms. The van der Waals surface area contributed by atoms with E-state index >= 15 is 0 Å². The van der Waals surface area contributed by atoms with Crippen LogP contribution >= 0.6 is 27.3 Å². The Balaban J connectivity index is 2.13. The molecule has 0 aliphatic rings. The quantitative estimate of drug-likeness (QED) is 0.922. The monoisotopic (exact) mass is 325 g/mol. The van der Waals surface area contributed by atoms with Gasteiger partial charge in [0, 0.05) is 40.9 Å². The Bertz CT molecular complexity index is 524. The van der Waals surface area contributed by atoms with Crippen LogP contribution in [-0.2, 0) is 6.42 Å². The van der Waals surface area contributed by atoms with E-state index in [4.69, 9.17) is 0 Å². The average Bonchev–Trinajstić information content (AvgIpc) is 2.75. The SMILES string of the molecule is CN(C)c1cccc(C(O)Cc2cc(Br)cs2)c1. The van der Waals surface area contributed by atoms with Gasteiger partial charge in [0.25, 0.3) is 0 Å². The molecular formula is C14H16BrNOS. The highest BCUT2D eigenvalue weighted by atomic mass is 79.9. The summed E-state index contributed by atoms with van der Waals surface area (Å²) < 4.78 is 1.08. The summed E-state index contributed by atoms with van der Waals surface area (Å²) in [6.07, 6.45) is 0.211. The first-order valence-corrected chi connectivity index (χ1v) is 7.42. The van der Waals surface area contributed by atoms with Crippen LogP contribution in [0.5, 0.6) is 0 Å². The lowest BCUT2D eigenvalue weighted by Crippen LogP contribution is -2.09. The fourth-order valence-corrected chi connectivity index (χ4v) is 3.27. The number of aliphatic hydroxyl groups is 1. The highest BCUT2D eigenvalue weighted by molar-refractivity contribution is 9.10. The van der Waals surface area contributed by atoms with E-state index in [9.17, 15) is 5.11 Å². The lowest BCUT2D eigenvalue weighted by molar-refractivity contribution is 0.179. The standard InChI is InChI=1S/C14H16BrNOS/c1-16(2)12-5-3-4-10(6-12)14(17)8-13-7-11(15)9-18-13/h3-7,9,14,17H,8H2,1-2H3. The number of thiophene rings is 1. The van der Waals surface area contributed by atoms with Crippen molar-refractivity contribution in [2.24, 2.45) is 0 Å². The molecule has 1 heterocycles. The molecule has 1 unspecified atom stereocenters. The van der Waals surface area contributed by atoms with Crippen molar-refractivity contribution in [3.05, 3.63) is 50.6 Å². The first-order valence-electron chi connectivity index (χ1n) is 5.74. The van der Waals surface area contributed by atoms with E-state index in [1.165, 1.54) is 4.88 Å². The van der Waals surface area contributed by atoms with Crippen LogP contribution in [0.1, 0.15) is 16.5 Å². The van der Waals surface area contributed by atoms with E-state index in [-0.39, 0.29) is 0 Å². The molecule has 4 heteroatoms. The van der Waals surface area contributed by atoms with Gasteiger partial charge in [-0.05, 0) is 39.7 Å². The minimum absolute atomic E-state index is 0.449. The van der Waals surface area contributed by atoms with Gasteiger partial charge in [-0.25, -0.2) is 0 Å². The van der Waals surface area contributed by atoms with Crippen molar-refractivity contribution in [2.45, 2.75) is 12.5 Å². The summed E-state index contributed by atoms with van der Waals surface area (Å²) in [5.41, 5.74) is 2.07. The molecule has 2 aromatic rings. The molecule has 0 saturated heterocycles. The summed E-state index contributed by atoms with van der Waals surface area (Å²) in [5.74, 6) is 0. The second-order valence-electron chi connectivity index (χ2n) is 4.44. The summed E-state index contributed by atoms with van der Waals surface area (Å²) in [6, 6.07) is 10.1. The largest absolute Gasteiger partial charge is 0.388 e. The van der Waals surface area contributed by atoms with Gasteiger partial charge in [0.15, 0.2) is 0 Å². The van der Waals surface area contributed by atoms with Gasteiger partial charge >= 0.3 is 0 Å². The van der Waals surface area contributed by atoms with Gasteiger partial charge < -0.3 is 10.0 Å². The van der Waals surface area contributed by atoms with E-state index in [0.29, 0.717) is 6.42 Å². The van der Waals surface area contributed by atoms with Gasteiger partial charge in [-0.1, -0.05) is 12.1 Å². The second-order valence-corrected chi connectivity index (χ2v) is 6.35. The zero-order valence-corrected chi connectivity index (χ0v) is 12.8. The fourth-order valence-electron chi connectivity index (χ4n) is 1.78. The van der Waals surface area contributed by atoms with Crippen LogP contribution in [0, 0.1) is 0 Å². The zero-order valence-electron chi connectivity index (χ0n) is 10.4. The lowest BCUT2D eigenvalue weighted by atomic mass is 10.0. The van der Waals surface area contributed by atoms with Crippen LogP contribution in [0.4, 0.5) is 5.69 Å². The first kappa shape index (κ1) is 13.6. The molecule has 0 fully saturated rings. The van der Waals surface area contributed by atoms with Crippen molar-refractivity contribution in [1.29, 1.82) is 0 Å². The number of aliphatic hydroxyl groups excluding tert-OH is 1. The van der Waals surface area contributed by atoms with Crippen molar-refractivity contribution in [3.63, 3.8) is 0 Å². The molecular weight excluding hydrogens is 310 g/mol. The molecule has 18 heavy (non-hydrogen) atoms. The number of hydrogen-bond donors (Lipinski definition) is 1. The summed E-state index contributed by atoms with van der Waals surface area (Å²) in [6.45, 7) is 0. The van der Waals surface area contributed by atoms with E-state index < -0.39 is 6.10 Å². The van der Waals surface area contributed by atoms with Gasteiger partial charge in [-0.2, -0.15) is 0 Å². The van der Waals surface area contributed by atoms with E-state index in [1.54, 1.807) is 11.3 Å². The number of nitrogens with zero attached hydrogens (tertiary/aromatic N) is 1. The molecule has 0 amide bonds. The molecule has 2 nitrogen and oxygen atoms in total. The number of benzene rings is 1. The predicted molar refractivity (Wildman–Crippen MR) is 81.5 cm³/mol. The van der Waals surface area contributed by atoms with Crippen molar-refractivity contribution in [3.8, 4) is 0 Å². The van der Waals surface area contributed by atoms with Crippen molar-refractivity contribution in [1.82, 2.24) is 0 Å². The van der Waals surface area contributed by atoms with E-state index in [2.05, 4.69) is 22.0 Å². The normalized spacial score (nSPS) is 12.4. The van der Waals surface area contributed by atoms with Crippen molar-refractivity contribution < 1.29 is 5.11 Å². The number of rotatable bonds is 4. The first-order chi connectivity index (χ1) is 8.56. The van der Waals surface area contributed by atoms with Crippen LogP contribution in [0.15, 0.2) is 40.2 Å². The van der Waals surface area contributed by atoms with Gasteiger partial charge in [-0.3, -0.25) is 0 Å². The van der Waals surface area contributed by atoms with Gasteiger partial charge in [-0.15, -0.1) is 11.3 Å². The third kappa shape index (κ3) is 3.34. The molecule has 0 aliphatic carbocycles. The Hall–Kier alpha value is -0.840. The minimum Gasteiger partial charge on any atom is -0.388 e. The van der Waals surface area contributed by atoms with Crippen molar-refractivity contribution in [2.75, 3.05) is 19.0 Å². The third-order valence-corrected chi connectivity index (χ3v) is 4.51. The molecule has 1 aromatic heterocycles. The number of halogens is 1. The molecule has 0 bridgehead atoms. The minimum atomic E-state index is -0.449. The van der Waals surface area contributed by atoms with Crippen LogP contribution in [0.25, 0.3) is 0 Å². The summed E-state index contributed by atoms with van der Waals surface area (Å²) in [4.78, 5) is 3.22. The maximum Gasteiger partial charge on any atom is 0.0839 e. The Kier molecular flexibility index (Phi) is 4.43. The third-order valence-electron chi connectivity index (χ3n) is 2.79. The number of hydrogen-bond acceptors (Lipinski definition) is 3. The lowest BCUT2D eigenvalue weighted by Gasteiger charge is -2.16. The van der Waals surface area contributed by atoms with Gasteiger partial charge in [0.1, 0.15) is 0 Å². The van der Waals surface area contributed by atoms with Crippen molar-refractivity contribution >= 4 is 33.0 Å². The highest BCUT2D eigenvalue weighted by Gasteiger charge is 2.11. The van der Waals surface area contributed by atoms with E-state index in [0.717, 1.165) is 15.7 Å². The molecule has 0 radical (unpaired) electrons. The Morgan fingerprint density at radius 1 is 1.33 bits per heavy atom. The predicted octanol–water partition coefficient (Wildman–Crippen LogP) is 3.85. The molecule has 2 rings (SSSR count). The smallest absolute Gasteiger partial charge is 0.0839 e. The second kappa shape index (κ2) is 5.87. The van der Waals surface area contributed by atoms with E-state index in [1.807, 2.05) is 48.6 Å². The van der Waals surface area contributed by atoms with Gasteiger partial charge in [0.2, 0.25) is 0 Å². The number of anilines is 1. The molecule has 96 valence electrons. The molecule has 0 aliphatic heterocycles. The Morgan fingerprint density at radius 2 is 2.11 bits per heavy atom. The topological polar surface area (TPSA) is 23.5 Å². The summed E-state index contributed by atoms with van der Waals surface area (Å²) in [7, 11) is 4.00. The highest BCUT2D eigenvalue weighted by Crippen LogP contribution is 2.27. The Morgan fingerprint density at radius 3 is 2.72 bits per heavy atom. The summed E-state index contributed by atoms with van der Waals surface area (Å²) in [5, 5.41) is 12.3. The molecule has 1 N–H and O–H groups in total. The van der Waals surface area contributed by atoms with Crippen LogP contribution in [0.3, 0.4) is 0 Å². The molecule has 0 saturated carbocycles. The molecule has 1 atom stereocenters. The average molecular weight is 326 g/mol. The molecule has 1 aromatic carbocycles. The maximum atomic E-state index is 10.3.